The maximum absolute atomic E-state index is 13.7. The number of nitrogens with two attached hydrogens (primary N) is 1. The van der Waals surface area contributed by atoms with Gasteiger partial charge in [0.2, 0.25) is 0 Å². The quantitative estimate of drug-likeness (QED) is 0.293. The van der Waals surface area contributed by atoms with Gasteiger partial charge in [0, 0.05) is 35.7 Å². The summed E-state index contributed by atoms with van der Waals surface area (Å²) >= 11 is 0. The van der Waals surface area contributed by atoms with Gasteiger partial charge in [-0.05, 0) is 24.4 Å². The van der Waals surface area contributed by atoms with E-state index in [1.165, 1.54) is 5.56 Å². The zero-order valence-electron chi connectivity index (χ0n) is 20.0. The first-order chi connectivity index (χ1) is 16.6. The molecule has 0 spiro atoms. The molecule has 0 amide bonds. The van der Waals surface area contributed by atoms with Crippen molar-refractivity contribution in [3.63, 3.8) is 0 Å². The van der Waals surface area contributed by atoms with Crippen LogP contribution < -0.4 is 5.73 Å². The Kier molecular flexibility index (Phi) is 7.71. The van der Waals surface area contributed by atoms with Crippen LogP contribution in [0.3, 0.4) is 0 Å². The Hall–Kier alpha value is -3.50. The van der Waals surface area contributed by atoms with Crippen molar-refractivity contribution in [1.82, 2.24) is 9.55 Å². The molecule has 2 N–H and O–H groups in total. The molecule has 2 atom stereocenters. The molecule has 4 rings (SSSR count). The molecule has 0 radical (unpaired) electrons. The van der Waals surface area contributed by atoms with Crippen molar-refractivity contribution < 1.29 is 4.79 Å². The number of aromatic nitrogens is 2. The molecule has 4 nitrogen and oxygen atoms in total. The summed E-state index contributed by atoms with van der Waals surface area (Å²) in [4.78, 5) is 18.9. The fourth-order valence-corrected chi connectivity index (χ4v) is 4.76. The van der Waals surface area contributed by atoms with E-state index in [9.17, 15) is 4.79 Å². The van der Waals surface area contributed by atoms with E-state index in [2.05, 4.69) is 61.0 Å². The van der Waals surface area contributed by atoms with Gasteiger partial charge in [-0.3, -0.25) is 4.79 Å². The number of carbonyl (C=O) groups is 1. The number of Topliss-reactive ketones (excluding diaryl/α,β-unsaturated/α-hetero) is 1. The first kappa shape index (κ1) is 23.7. The molecule has 3 aromatic carbocycles. The van der Waals surface area contributed by atoms with Crippen LogP contribution in [-0.2, 0) is 6.54 Å². The summed E-state index contributed by atoms with van der Waals surface area (Å²) in [5.74, 6) is 0.996. The maximum Gasteiger partial charge on any atom is 0.166 e. The molecule has 1 aromatic heterocycles. The Balaban J connectivity index is 1.81. The Morgan fingerprint density at radius 1 is 0.882 bits per heavy atom. The summed E-state index contributed by atoms with van der Waals surface area (Å²) in [6.45, 7) is 5.51. The second-order valence-electron chi connectivity index (χ2n) is 9.15. The van der Waals surface area contributed by atoms with Crippen molar-refractivity contribution in [1.29, 1.82) is 0 Å². The molecule has 0 aliphatic heterocycles. The lowest BCUT2D eigenvalue weighted by Crippen LogP contribution is -2.30. The highest BCUT2D eigenvalue weighted by molar-refractivity contribution is 5.98. The number of carbonyl (C=O) groups excluding carboxylic acids is 1. The summed E-state index contributed by atoms with van der Waals surface area (Å²) in [7, 11) is 0. The lowest BCUT2D eigenvalue weighted by Gasteiger charge is -2.29. The summed E-state index contributed by atoms with van der Waals surface area (Å²) in [6, 6.07) is 30.2. The lowest BCUT2D eigenvalue weighted by molar-refractivity contribution is 0.0871. The molecule has 0 saturated heterocycles. The van der Waals surface area contributed by atoms with Crippen LogP contribution in [0, 0.1) is 11.8 Å². The molecule has 4 aromatic rings. The van der Waals surface area contributed by atoms with Crippen molar-refractivity contribution in [2.24, 2.45) is 17.6 Å². The van der Waals surface area contributed by atoms with Crippen LogP contribution in [0.2, 0.25) is 0 Å². The van der Waals surface area contributed by atoms with Crippen LogP contribution in [0.4, 0.5) is 0 Å². The first-order valence-corrected chi connectivity index (χ1v) is 12.0. The van der Waals surface area contributed by atoms with Crippen molar-refractivity contribution in [3.8, 4) is 11.3 Å². The second kappa shape index (κ2) is 11.1. The highest BCUT2D eigenvalue weighted by Crippen LogP contribution is 2.37. The van der Waals surface area contributed by atoms with Crippen molar-refractivity contribution >= 4 is 5.78 Å². The minimum absolute atomic E-state index is 0.0579. The Labute approximate surface area is 202 Å². The van der Waals surface area contributed by atoms with Crippen molar-refractivity contribution in [3.05, 3.63) is 114 Å². The molecule has 0 saturated carbocycles. The number of nitrogens with zero attached hydrogens (tertiary/aromatic N) is 2. The molecule has 0 bridgehead atoms. The second-order valence-corrected chi connectivity index (χ2v) is 9.15. The minimum Gasteiger partial charge on any atom is -0.330 e. The van der Waals surface area contributed by atoms with E-state index < -0.39 is 0 Å². The fraction of sp³-hybridized carbons (Fsp3) is 0.267. The molecule has 0 fully saturated rings. The highest BCUT2D eigenvalue weighted by atomic mass is 16.1. The number of benzene rings is 3. The molecular formula is C30H33N3O. The fourth-order valence-electron chi connectivity index (χ4n) is 4.76. The Morgan fingerprint density at radius 3 is 2.06 bits per heavy atom. The third-order valence-corrected chi connectivity index (χ3v) is 6.40. The molecule has 174 valence electrons. The van der Waals surface area contributed by atoms with E-state index in [-0.39, 0.29) is 23.5 Å². The third kappa shape index (κ3) is 5.35. The number of hydrogen-bond acceptors (Lipinski definition) is 3. The van der Waals surface area contributed by atoms with Crippen LogP contribution in [0.25, 0.3) is 11.3 Å². The predicted molar refractivity (Wildman–Crippen MR) is 139 cm³/mol. The number of hydrogen-bond donors (Lipinski definition) is 1. The van der Waals surface area contributed by atoms with Gasteiger partial charge in [0.15, 0.2) is 5.78 Å². The van der Waals surface area contributed by atoms with E-state index in [1.54, 1.807) is 0 Å². The number of ketones is 1. The van der Waals surface area contributed by atoms with Gasteiger partial charge < -0.3 is 10.3 Å². The highest BCUT2D eigenvalue weighted by Gasteiger charge is 2.35. The van der Waals surface area contributed by atoms with Gasteiger partial charge in [-0.25, -0.2) is 4.98 Å². The normalized spacial score (nSPS) is 13.1. The van der Waals surface area contributed by atoms with E-state index in [4.69, 9.17) is 10.7 Å². The van der Waals surface area contributed by atoms with Crippen LogP contribution >= 0.6 is 0 Å². The molecule has 34 heavy (non-hydrogen) atoms. The van der Waals surface area contributed by atoms with Crippen LogP contribution in [0.5, 0.6) is 0 Å². The monoisotopic (exact) mass is 451 g/mol. The molecule has 1 unspecified atom stereocenters. The van der Waals surface area contributed by atoms with Gasteiger partial charge in [0.1, 0.15) is 5.82 Å². The largest absolute Gasteiger partial charge is 0.330 e. The summed E-state index contributed by atoms with van der Waals surface area (Å²) in [6.07, 6.45) is 2.75. The van der Waals surface area contributed by atoms with Gasteiger partial charge in [0.05, 0.1) is 5.69 Å². The average molecular weight is 452 g/mol. The maximum atomic E-state index is 13.7. The molecule has 4 heteroatoms. The van der Waals surface area contributed by atoms with Crippen molar-refractivity contribution in [2.45, 2.75) is 32.7 Å². The topological polar surface area (TPSA) is 60.9 Å². The lowest BCUT2D eigenvalue weighted by atomic mass is 9.76. The smallest absolute Gasteiger partial charge is 0.166 e. The van der Waals surface area contributed by atoms with E-state index in [1.807, 2.05) is 54.6 Å². The van der Waals surface area contributed by atoms with E-state index in [0.717, 1.165) is 22.6 Å². The number of imidazole rings is 1. The predicted octanol–water partition coefficient (Wildman–Crippen LogP) is 6.19. The molecule has 0 aliphatic carbocycles. The van der Waals surface area contributed by atoms with Gasteiger partial charge in [-0.2, -0.15) is 0 Å². The molecule has 1 heterocycles. The van der Waals surface area contributed by atoms with Crippen LogP contribution in [0.1, 0.15) is 47.9 Å². The van der Waals surface area contributed by atoms with Gasteiger partial charge in [0.25, 0.3) is 0 Å². The van der Waals surface area contributed by atoms with Crippen LogP contribution in [0.15, 0.2) is 97.2 Å². The summed E-state index contributed by atoms with van der Waals surface area (Å²) in [5.41, 5.74) is 9.97. The summed E-state index contributed by atoms with van der Waals surface area (Å²) in [5, 5.41) is 0. The van der Waals surface area contributed by atoms with Gasteiger partial charge >= 0.3 is 0 Å². The first-order valence-electron chi connectivity index (χ1n) is 12.0. The third-order valence-electron chi connectivity index (χ3n) is 6.40. The molecule has 0 aliphatic rings. The van der Waals surface area contributed by atoms with Gasteiger partial charge in [-0.15, -0.1) is 0 Å². The van der Waals surface area contributed by atoms with Crippen molar-refractivity contribution in [2.75, 3.05) is 6.54 Å². The standard InChI is InChI=1S/C30H33N3O/c1-22(2)28(26(18-19-31)29(34)25-16-10-5-11-17-25)30-32-27(24-14-8-4-9-15-24)21-33(30)20-23-12-6-3-7-13-23/h3-17,21-22,26,28H,18-20,31H2,1-2H3/t26-,28?/m1/s1. The molecular weight excluding hydrogens is 418 g/mol. The van der Waals surface area contributed by atoms with E-state index in [0.29, 0.717) is 19.5 Å². The van der Waals surface area contributed by atoms with Gasteiger partial charge in [-0.1, -0.05) is 105 Å². The minimum atomic E-state index is -0.243. The van der Waals surface area contributed by atoms with E-state index >= 15 is 0 Å². The summed E-state index contributed by atoms with van der Waals surface area (Å²) < 4.78 is 2.23. The Bertz CT molecular complexity index is 1180. The SMILES string of the molecule is CC(C)C(c1nc(-c2ccccc2)cn1Cc1ccccc1)[C@@H](CCN)C(=O)c1ccccc1. The zero-order chi connectivity index (χ0) is 23.9. The average Bonchev–Trinajstić information content (AvgIpc) is 3.28. The Morgan fingerprint density at radius 2 is 1.47 bits per heavy atom. The van der Waals surface area contributed by atoms with Crippen LogP contribution in [-0.4, -0.2) is 21.9 Å². The zero-order valence-corrected chi connectivity index (χ0v) is 20.0. The number of rotatable bonds is 10.